The highest BCUT2D eigenvalue weighted by Gasteiger charge is 2.30. The molecule has 0 rings (SSSR count). The van der Waals surface area contributed by atoms with E-state index in [1.807, 2.05) is 39.5 Å². The molecule has 2 unspecified atom stereocenters. The predicted octanol–water partition coefficient (Wildman–Crippen LogP) is 1.76. The van der Waals surface area contributed by atoms with Gasteiger partial charge in [0.25, 0.3) is 0 Å². The maximum Gasteiger partial charge on any atom is 0.237 e. The third kappa shape index (κ3) is 8.50. The summed E-state index contributed by atoms with van der Waals surface area (Å²) in [5.41, 5.74) is 4.88. The molecule has 5 heteroatoms. The first-order valence-electron chi connectivity index (χ1n) is 7.08. The summed E-state index contributed by atoms with van der Waals surface area (Å²) in [6.45, 7) is 8.23. The standard InChI is InChI=1S/C14H30N2O2S/c1-11(2)16-14(4,13(15)18)7-5-6-8-19-10-12(3)9-17/h11-12,16-17H,5-10H2,1-4H3,(H2,15,18). The molecule has 0 aromatic heterocycles. The molecule has 0 aromatic carbocycles. The molecule has 0 spiro atoms. The lowest BCUT2D eigenvalue weighted by molar-refractivity contribution is -0.124. The van der Waals surface area contributed by atoms with Crippen molar-refractivity contribution < 1.29 is 9.90 Å². The molecule has 1 amide bonds. The Bertz CT molecular complexity index is 262. The van der Waals surface area contributed by atoms with Crippen molar-refractivity contribution in [1.29, 1.82) is 0 Å². The van der Waals surface area contributed by atoms with Crippen molar-refractivity contribution >= 4 is 17.7 Å². The minimum absolute atomic E-state index is 0.247. The lowest BCUT2D eigenvalue weighted by atomic mass is 9.93. The monoisotopic (exact) mass is 290 g/mol. The van der Waals surface area contributed by atoms with Crippen LogP contribution in [0.25, 0.3) is 0 Å². The molecule has 4 N–H and O–H groups in total. The van der Waals surface area contributed by atoms with Gasteiger partial charge in [0, 0.05) is 12.6 Å². The largest absolute Gasteiger partial charge is 0.396 e. The van der Waals surface area contributed by atoms with E-state index in [0.29, 0.717) is 5.92 Å². The minimum atomic E-state index is -0.600. The molecule has 19 heavy (non-hydrogen) atoms. The van der Waals surface area contributed by atoms with Crippen LogP contribution >= 0.6 is 11.8 Å². The zero-order valence-electron chi connectivity index (χ0n) is 12.7. The van der Waals surface area contributed by atoms with Gasteiger partial charge in [-0.2, -0.15) is 11.8 Å². The van der Waals surface area contributed by atoms with Crippen molar-refractivity contribution in [2.75, 3.05) is 18.1 Å². The average molecular weight is 290 g/mol. The van der Waals surface area contributed by atoms with Gasteiger partial charge in [0.2, 0.25) is 5.91 Å². The van der Waals surface area contributed by atoms with Crippen LogP contribution in [-0.2, 0) is 4.79 Å². The Balaban J connectivity index is 3.86. The van der Waals surface area contributed by atoms with Crippen molar-refractivity contribution in [2.24, 2.45) is 11.7 Å². The van der Waals surface area contributed by atoms with Gasteiger partial charge < -0.3 is 16.2 Å². The van der Waals surface area contributed by atoms with Crippen molar-refractivity contribution in [2.45, 2.75) is 58.5 Å². The number of nitrogens with one attached hydrogen (secondary N) is 1. The first kappa shape index (κ1) is 18.7. The van der Waals surface area contributed by atoms with Gasteiger partial charge in [0.15, 0.2) is 0 Å². The topological polar surface area (TPSA) is 75.3 Å². The fourth-order valence-electron chi connectivity index (χ4n) is 1.92. The summed E-state index contributed by atoms with van der Waals surface area (Å²) in [5.74, 6) is 2.15. The van der Waals surface area contributed by atoms with Crippen molar-refractivity contribution in [3.05, 3.63) is 0 Å². The highest BCUT2D eigenvalue weighted by molar-refractivity contribution is 7.99. The number of carbonyl (C=O) groups is 1. The van der Waals surface area contributed by atoms with E-state index < -0.39 is 5.54 Å². The van der Waals surface area contributed by atoms with Crippen LogP contribution in [0.5, 0.6) is 0 Å². The summed E-state index contributed by atoms with van der Waals surface area (Å²) < 4.78 is 0. The number of primary amides is 1. The van der Waals surface area contributed by atoms with Gasteiger partial charge in [-0.15, -0.1) is 0 Å². The molecule has 0 heterocycles. The Morgan fingerprint density at radius 2 is 2.00 bits per heavy atom. The molecule has 0 saturated carbocycles. The summed E-state index contributed by atoms with van der Waals surface area (Å²) in [4.78, 5) is 11.5. The van der Waals surface area contributed by atoms with Crippen LogP contribution in [0.3, 0.4) is 0 Å². The van der Waals surface area contributed by atoms with Gasteiger partial charge >= 0.3 is 0 Å². The SMILES string of the molecule is CC(CO)CSCCCCC(C)(NC(C)C)C(N)=O. The van der Waals surface area contributed by atoms with E-state index in [1.165, 1.54) is 0 Å². The van der Waals surface area contributed by atoms with Crippen LogP contribution in [0, 0.1) is 5.92 Å². The van der Waals surface area contributed by atoms with Crippen LogP contribution in [0.2, 0.25) is 0 Å². The van der Waals surface area contributed by atoms with Crippen LogP contribution in [-0.4, -0.2) is 40.7 Å². The predicted molar refractivity (Wildman–Crippen MR) is 83.3 cm³/mol. The molecular formula is C14H30N2O2S. The van der Waals surface area contributed by atoms with Gasteiger partial charge in [-0.25, -0.2) is 0 Å². The molecule has 0 bridgehead atoms. The van der Waals surface area contributed by atoms with Crippen LogP contribution < -0.4 is 11.1 Å². The molecule has 114 valence electrons. The van der Waals surface area contributed by atoms with E-state index in [4.69, 9.17) is 10.8 Å². The molecule has 0 aliphatic heterocycles. The lowest BCUT2D eigenvalue weighted by Crippen LogP contribution is -2.55. The Labute approximate surface area is 121 Å². The van der Waals surface area contributed by atoms with E-state index in [2.05, 4.69) is 5.32 Å². The van der Waals surface area contributed by atoms with E-state index in [-0.39, 0.29) is 18.6 Å². The first-order valence-corrected chi connectivity index (χ1v) is 8.23. The number of nitrogens with two attached hydrogens (primary N) is 1. The number of aliphatic hydroxyl groups is 1. The number of hydrogen-bond donors (Lipinski definition) is 3. The Hall–Kier alpha value is -0.260. The van der Waals surface area contributed by atoms with Crippen LogP contribution in [0.1, 0.15) is 47.0 Å². The molecule has 0 radical (unpaired) electrons. The van der Waals surface area contributed by atoms with E-state index in [9.17, 15) is 4.79 Å². The average Bonchev–Trinajstić information content (AvgIpc) is 2.32. The van der Waals surface area contributed by atoms with Crippen molar-refractivity contribution in [3.8, 4) is 0 Å². The summed E-state index contributed by atoms with van der Waals surface area (Å²) in [5, 5.41) is 12.2. The van der Waals surface area contributed by atoms with Gasteiger partial charge in [-0.3, -0.25) is 4.79 Å². The van der Waals surface area contributed by atoms with E-state index in [0.717, 1.165) is 30.8 Å². The van der Waals surface area contributed by atoms with Crippen molar-refractivity contribution in [1.82, 2.24) is 5.32 Å². The summed E-state index contributed by atoms with van der Waals surface area (Å²) in [7, 11) is 0. The van der Waals surface area contributed by atoms with E-state index >= 15 is 0 Å². The Kier molecular flexibility index (Phi) is 9.48. The summed E-state index contributed by atoms with van der Waals surface area (Å²) in [6.07, 6.45) is 2.84. The fraction of sp³-hybridized carbons (Fsp3) is 0.929. The minimum Gasteiger partial charge on any atom is -0.396 e. The molecule has 2 atom stereocenters. The molecule has 4 nitrogen and oxygen atoms in total. The number of aliphatic hydroxyl groups excluding tert-OH is 1. The third-order valence-corrected chi connectivity index (χ3v) is 4.46. The molecule has 0 fully saturated rings. The molecule has 0 aliphatic rings. The number of rotatable bonds is 11. The van der Waals surface area contributed by atoms with Gasteiger partial charge in [-0.1, -0.05) is 13.3 Å². The maximum absolute atomic E-state index is 11.5. The quantitative estimate of drug-likeness (QED) is 0.507. The second-order valence-electron chi connectivity index (χ2n) is 5.82. The van der Waals surface area contributed by atoms with Crippen LogP contribution in [0.15, 0.2) is 0 Å². The summed E-state index contributed by atoms with van der Waals surface area (Å²) >= 11 is 1.86. The van der Waals surface area contributed by atoms with Gasteiger partial charge in [0.1, 0.15) is 0 Å². The number of carbonyl (C=O) groups excluding carboxylic acids is 1. The fourth-order valence-corrected chi connectivity index (χ4v) is 3.01. The smallest absolute Gasteiger partial charge is 0.237 e. The highest BCUT2D eigenvalue weighted by Crippen LogP contribution is 2.17. The lowest BCUT2D eigenvalue weighted by Gasteiger charge is -2.29. The zero-order chi connectivity index (χ0) is 14.9. The second-order valence-corrected chi connectivity index (χ2v) is 6.96. The zero-order valence-corrected chi connectivity index (χ0v) is 13.6. The van der Waals surface area contributed by atoms with Crippen molar-refractivity contribution in [3.63, 3.8) is 0 Å². The maximum atomic E-state index is 11.5. The van der Waals surface area contributed by atoms with Crippen LogP contribution in [0.4, 0.5) is 0 Å². The van der Waals surface area contributed by atoms with Gasteiger partial charge in [-0.05, 0) is 51.0 Å². The number of amides is 1. The Morgan fingerprint density at radius 1 is 1.37 bits per heavy atom. The third-order valence-electron chi connectivity index (χ3n) is 3.08. The number of thioether (sulfide) groups is 1. The summed E-state index contributed by atoms with van der Waals surface area (Å²) in [6, 6.07) is 0.247. The highest BCUT2D eigenvalue weighted by atomic mass is 32.2. The number of hydrogen-bond acceptors (Lipinski definition) is 4. The first-order chi connectivity index (χ1) is 8.81. The second kappa shape index (κ2) is 9.61. The normalized spacial score (nSPS) is 16.3. The number of unbranched alkanes of at least 4 members (excludes halogenated alkanes) is 1. The van der Waals surface area contributed by atoms with E-state index in [1.54, 1.807) is 0 Å². The van der Waals surface area contributed by atoms with Gasteiger partial charge in [0.05, 0.1) is 5.54 Å². The molecular weight excluding hydrogens is 260 g/mol. The molecule has 0 aromatic rings. The molecule has 0 saturated heterocycles. The Morgan fingerprint density at radius 3 is 2.47 bits per heavy atom. The molecule has 0 aliphatic carbocycles.